The van der Waals surface area contributed by atoms with Crippen LogP contribution < -0.4 is 0 Å². The molecular formula is C13H24INO2Si. The molecule has 18 heavy (non-hydrogen) atoms. The minimum Gasteiger partial charge on any atom is -0.440 e. The lowest BCUT2D eigenvalue weighted by Gasteiger charge is -2.39. The first-order valence-electron chi connectivity index (χ1n) is 6.33. The molecule has 1 aromatic rings. The SMILES string of the molecule is CC(C)C(O[Si](C)(C)C(C)(C)C)c1coc(I)n1. The van der Waals surface area contributed by atoms with Crippen molar-refractivity contribution in [2.75, 3.05) is 0 Å². The Kier molecular flexibility index (Phi) is 5.05. The van der Waals surface area contributed by atoms with Crippen molar-refractivity contribution < 1.29 is 8.84 Å². The van der Waals surface area contributed by atoms with Crippen molar-refractivity contribution in [3.63, 3.8) is 0 Å². The molecule has 0 aliphatic heterocycles. The van der Waals surface area contributed by atoms with Crippen molar-refractivity contribution in [3.05, 3.63) is 15.9 Å². The Morgan fingerprint density at radius 3 is 2.22 bits per heavy atom. The van der Waals surface area contributed by atoms with Gasteiger partial charge in [-0.2, -0.15) is 0 Å². The molecule has 0 aromatic carbocycles. The van der Waals surface area contributed by atoms with Gasteiger partial charge in [-0.25, -0.2) is 4.98 Å². The number of hydrogen-bond acceptors (Lipinski definition) is 3. The fraction of sp³-hybridized carbons (Fsp3) is 0.769. The summed E-state index contributed by atoms with van der Waals surface area (Å²) in [6.45, 7) is 15.6. The maximum atomic E-state index is 6.48. The molecule has 0 aliphatic carbocycles. The third-order valence-electron chi connectivity index (χ3n) is 3.62. The highest BCUT2D eigenvalue weighted by molar-refractivity contribution is 14.1. The largest absolute Gasteiger partial charge is 0.440 e. The number of rotatable bonds is 4. The number of hydrogen-bond donors (Lipinski definition) is 0. The van der Waals surface area contributed by atoms with Crippen LogP contribution in [0, 0.1) is 9.82 Å². The van der Waals surface area contributed by atoms with Gasteiger partial charge >= 0.3 is 0 Å². The molecule has 0 radical (unpaired) electrons. The Bertz CT molecular complexity index is 396. The first-order valence-corrected chi connectivity index (χ1v) is 10.3. The fourth-order valence-corrected chi connectivity index (χ4v) is 3.21. The van der Waals surface area contributed by atoms with Gasteiger partial charge in [0.1, 0.15) is 12.0 Å². The van der Waals surface area contributed by atoms with Gasteiger partial charge in [0, 0.05) is 22.6 Å². The van der Waals surface area contributed by atoms with E-state index in [1.807, 2.05) is 0 Å². The van der Waals surface area contributed by atoms with Crippen LogP contribution in [0.4, 0.5) is 0 Å². The minimum absolute atomic E-state index is 0.0261. The monoisotopic (exact) mass is 381 g/mol. The topological polar surface area (TPSA) is 35.3 Å². The second kappa shape index (κ2) is 5.62. The Morgan fingerprint density at radius 2 is 1.89 bits per heavy atom. The van der Waals surface area contributed by atoms with E-state index in [0.29, 0.717) is 9.82 Å². The van der Waals surface area contributed by atoms with Gasteiger partial charge < -0.3 is 8.84 Å². The third-order valence-corrected chi connectivity index (χ3v) is 8.57. The lowest BCUT2D eigenvalue weighted by molar-refractivity contribution is 0.131. The molecule has 0 saturated heterocycles. The first kappa shape index (κ1) is 16.2. The lowest BCUT2D eigenvalue weighted by Crippen LogP contribution is -2.42. The molecule has 1 heterocycles. The molecular weight excluding hydrogens is 357 g/mol. The van der Waals surface area contributed by atoms with Gasteiger partial charge in [0.2, 0.25) is 0 Å². The summed E-state index contributed by atoms with van der Waals surface area (Å²) in [6, 6.07) is 0. The van der Waals surface area contributed by atoms with Crippen LogP contribution in [0.2, 0.25) is 18.1 Å². The molecule has 1 rings (SSSR count). The zero-order chi connectivity index (χ0) is 14.1. The number of aromatic nitrogens is 1. The number of halogens is 1. The summed E-state index contributed by atoms with van der Waals surface area (Å²) in [5.41, 5.74) is 0.916. The Morgan fingerprint density at radius 1 is 1.33 bits per heavy atom. The molecule has 3 nitrogen and oxygen atoms in total. The van der Waals surface area contributed by atoms with Crippen molar-refractivity contribution in [2.24, 2.45) is 5.92 Å². The molecule has 5 heteroatoms. The van der Waals surface area contributed by atoms with Gasteiger partial charge in [-0.15, -0.1) is 0 Å². The lowest BCUT2D eigenvalue weighted by atomic mass is 10.1. The Balaban J connectivity index is 2.95. The summed E-state index contributed by atoms with van der Waals surface area (Å²) in [7, 11) is -1.79. The van der Waals surface area contributed by atoms with Gasteiger partial charge in [0.05, 0.1) is 6.10 Å². The maximum Gasteiger partial charge on any atom is 0.257 e. The van der Waals surface area contributed by atoms with E-state index in [4.69, 9.17) is 8.84 Å². The summed E-state index contributed by atoms with van der Waals surface area (Å²) < 4.78 is 12.5. The molecule has 0 N–H and O–H groups in total. The van der Waals surface area contributed by atoms with Crippen molar-refractivity contribution in [3.8, 4) is 0 Å². The Hall–Kier alpha value is 0.117. The zero-order valence-corrected chi connectivity index (χ0v) is 15.5. The summed E-state index contributed by atoms with van der Waals surface area (Å²) in [6.07, 6.45) is 1.75. The molecule has 0 aliphatic rings. The highest BCUT2D eigenvalue weighted by Crippen LogP contribution is 2.41. The molecule has 0 amide bonds. The predicted octanol–water partition coefficient (Wildman–Crippen LogP) is 5.00. The molecule has 0 fully saturated rings. The normalized spacial score (nSPS) is 15.2. The molecule has 1 unspecified atom stereocenters. The van der Waals surface area contributed by atoms with E-state index in [2.05, 4.69) is 75.3 Å². The van der Waals surface area contributed by atoms with E-state index in [9.17, 15) is 0 Å². The van der Waals surface area contributed by atoms with Gasteiger partial charge in [-0.1, -0.05) is 34.6 Å². The fourth-order valence-electron chi connectivity index (χ4n) is 1.43. The summed E-state index contributed by atoms with van der Waals surface area (Å²) >= 11 is 2.09. The average molecular weight is 381 g/mol. The van der Waals surface area contributed by atoms with Crippen molar-refractivity contribution in [2.45, 2.75) is 58.9 Å². The Labute approximate surface area is 125 Å². The first-order chi connectivity index (χ1) is 8.04. The van der Waals surface area contributed by atoms with Crippen LogP contribution in [-0.4, -0.2) is 13.3 Å². The maximum absolute atomic E-state index is 6.48. The summed E-state index contributed by atoms with van der Waals surface area (Å²) in [4.78, 5) is 4.42. The van der Waals surface area contributed by atoms with Gasteiger partial charge in [-0.05, 0) is 24.1 Å². The smallest absolute Gasteiger partial charge is 0.257 e. The van der Waals surface area contributed by atoms with E-state index in [-0.39, 0.29) is 11.1 Å². The molecule has 0 spiro atoms. The molecule has 104 valence electrons. The average Bonchev–Trinajstić information content (AvgIpc) is 2.59. The number of nitrogens with zero attached hydrogens (tertiary/aromatic N) is 1. The minimum atomic E-state index is -1.79. The number of oxazole rings is 1. The summed E-state index contributed by atoms with van der Waals surface area (Å²) in [5.74, 6) is 0.389. The van der Waals surface area contributed by atoms with E-state index < -0.39 is 8.32 Å². The van der Waals surface area contributed by atoms with E-state index in [1.54, 1.807) is 6.26 Å². The third kappa shape index (κ3) is 3.80. The van der Waals surface area contributed by atoms with Crippen LogP contribution >= 0.6 is 22.6 Å². The van der Waals surface area contributed by atoms with Gasteiger partial charge in [0.15, 0.2) is 8.32 Å². The van der Waals surface area contributed by atoms with Crippen LogP contribution in [0.5, 0.6) is 0 Å². The standard InChI is InChI=1S/C13H24INO2Si/c1-9(2)11(10-8-16-12(14)15-10)17-18(6,7)13(3,4)5/h8-9,11H,1-7H3. The van der Waals surface area contributed by atoms with Crippen LogP contribution in [0.15, 0.2) is 10.7 Å². The zero-order valence-electron chi connectivity index (χ0n) is 12.4. The molecule has 1 aromatic heterocycles. The van der Waals surface area contributed by atoms with E-state index in [1.165, 1.54) is 0 Å². The second-order valence-corrected chi connectivity index (χ2v) is 12.2. The van der Waals surface area contributed by atoms with E-state index in [0.717, 1.165) is 5.69 Å². The van der Waals surface area contributed by atoms with E-state index >= 15 is 0 Å². The molecule has 0 bridgehead atoms. The van der Waals surface area contributed by atoms with Gasteiger partial charge in [-0.3, -0.25) is 0 Å². The second-order valence-electron chi connectivity index (χ2n) is 6.57. The summed E-state index contributed by atoms with van der Waals surface area (Å²) in [5, 5.41) is 0.205. The highest BCUT2D eigenvalue weighted by Gasteiger charge is 2.40. The van der Waals surface area contributed by atoms with Crippen LogP contribution in [0.25, 0.3) is 0 Å². The quantitative estimate of drug-likeness (QED) is 0.544. The van der Waals surface area contributed by atoms with Crippen LogP contribution in [0.1, 0.15) is 46.4 Å². The van der Waals surface area contributed by atoms with Crippen molar-refractivity contribution in [1.82, 2.24) is 4.98 Å². The van der Waals surface area contributed by atoms with Crippen LogP contribution in [-0.2, 0) is 4.43 Å². The van der Waals surface area contributed by atoms with Gasteiger partial charge in [0.25, 0.3) is 3.90 Å². The van der Waals surface area contributed by atoms with Crippen molar-refractivity contribution in [1.29, 1.82) is 0 Å². The molecule has 0 saturated carbocycles. The predicted molar refractivity (Wildman–Crippen MR) is 85.1 cm³/mol. The van der Waals surface area contributed by atoms with Crippen LogP contribution in [0.3, 0.4) is 0 Å². The van der Waals surface area contributed by atoms with Crippen molar-refractivity contribution >= 4 is 30.9 Å². The molecule has 1 atom stereocenters. The highest BCUT2D eigenvalue weighted by atomic mass is 127.